The molecule has 0 saturated carbocycles. The van der Waals surface area contributed by atoms with E-state index in [9.17, 15) is 0 Å². The summed E-state index contributed by atoms with van der Waals surface area (Å²) in [5, 5.41) is 7.89. The highest BCUT2D eigenvalue weighted by Crippen LogP contribution is 2.31. The van der Waals surface area contributed by atoms with E-state index in [1.807, 2.05) is 6.92 Å². The summed E-state index contributed by atoms with van der Waals surface area (Å²) in [6, 6.07) is 1.95. The lowest BCUT2D eigenvalue weighted by molar-refractivity contribution is 0.254. The van der Waals surface area contributed by atoms with Crippen LogP contribution in [0.5, 0.6) is 0 Å². The molecule has 6 heteroatoms. The lowest BCUT2D eigenvalue weighted by Gasteiger charge is -2.24. The normalized spacial score (nSPS) is 30.5. The molecule has 0 aromatic carbocycles. The first kappa shape index (κ1) is 12.2. The lowest BCUT2D eigenvalue weighted by atomic mass is 10.1. The van der Waals surface area contributed by atoms with Crippen molar-refractivity contribution in [2.75, 3.05) is 25.0 Å². The Labute approximate surface area is 112 Å². The summed E-state index contributed by atoms with van der Waals surface area (Å²) in [5.74, 6) is 0.509. The van der Waals surface area contributed by atoms with Gasteiger partial charge in [-0.15, -0.1) is 16.7 Å². The molecule has 2 saturated heterocycles. The van der Waals surface area contributed by atoms with Gasteiger partial charge in [-0.1, -0.05) is 5.10 Å². The number of hydrogen-bond donors (Lipinski definition) is 0. The van der Waals surface area contributed by atoms with E-state index >= 15 is 0 Å². The van der Waals surface area contributed by atoms with Crippen LogP contribution >= 0.6 is 11.6 Å². The molecular weight excluding hydrogens is 252 g/mol. The summed E-state index contributed by atoms with van der Waals surface area (Å²) in [5.41, 5.74) is 0. The number of aromatic nitrogens is 2. The molecule has 100 valence electrons. The fourth-order valence-electron chi connectivity index (χ4n) is 3.00. The highest BCUT2D eigenvalue weighted by Gasteiger charge is 2.35. The molecule has 0 N–H and O–H groups in total. The second kappa shape index (κ2) is 4.70. The predicted molar refractivity (Wildman–Crippen MR) is 70.0 cm³/mol. The van der Waals surface area contributed by atoms with E-state index in [0.29, 0.717) is 24.0 Å². The molecule has 2 fully saturated rings. The van der Waals surface area contributed by atoms with Gasteiger partial charge in [0.25, 0.3) is 0 Å². The number of likely N-dealkylation sites (N-methyl/N-ethyl adjacent to an activating group) is 1. The molecule has 2 bridgehead atoms. The molecule has 3 atom stereocenters. The lowest BCUT2D eigenvalue weighted by Crippen LogP contribution is -2.36. The van der Waals surface area contributed by atoms with Gasteiger partial charge in [0, 0.05) is 25.2 Å². The van der Waals surface area contributed by atoms with Gasteiger partial charge in [-0.3, -0.25) is 4.90 Å². The van der Waals surface area contributed by atoms with Crippen LogP contribution in [-0.4, -0.2) is 47.3 Å². The number of alkyl halides is 1. The molecule has 18 heavy (non-hydrogen) atoms. The number of halogens is 1. The Kier molecular flexibility index (Phi) is 3.20. The zero-order chi connectivity index (χ0) is 12.7. The first-order chi connectivity index (χ1) is 8.65. The van der Waals surface area contributed by atoms with E-state index in [1.165, 1.54) is 19.3 Å². The van der Waals surface area contributed by atoms with Crippen molar-refractivity contribution in [1.82, 2.24) is 15.1 Å². The number of anilines is 1. The van der Waals surface area contributed by atoms with Gasteiger partial charge >= 0.3 is 6.01 Å². The zero-order valence-electron chi connectivity index (χ0n) is 10.8. The van der Waals surface area contributed by atoms with Crippen molar-refractivity contribution in [3.05, 3.63) is 5.89 Å². The Morgan fingerprint density at radius 2 is 2.06 bits per heavy atom. The third kappa shape index (κ3) is 2.10. The van der Waals surface area contributed by atoms with Crippen LogP contribution in [0, 0.1) is 0 Å². The third-order valence-corrected chi connectivity index (χ3v) is 4.38. The molecule has 2 aliphatic rings. The molecule has 3 rings (SSSR count). The van der Waals surface area contributed by atoms with Crippen molar-refractivity contribution < 1.29 is 4.42 Å². The molecule has 0 radical (unpaired) electrons. The van der Waals surface area contributed by atoms with Gasteiger partial charge < -0.3 is 9.32 Å². The van der Waals surface area contributed by atoms with Gasteiger partial charge in [0.15, 0.2) is 0 Å². The fraction of sp³-hybridized carbons (Fsp3) is 0.833. The minimum absolute atomic E-state index is 0.225. The Bertz CT molecular complexity index is 422. The van der Waals surface area contributed by atoms with Gasteiger partial charge in [0.05, 0.1) is 0 Å². The smallest absolute Gasteiger partial charge is 0.318 e. The van der Waals surface area contributed by atoms with Crippen molar-refractivity contribution in [3.8, 4) is 0 Å². The Morgan fingerprint density at radius 1 is 1.28 bits per heavy atom. The standard InChI is InChI=1S/C12H19ClN4O/c1-8(13)11-14-15-12(18-11)17-6-5-9-3-4-10(7-17)16(9)2/h8-10H,3-7H2,1-2H3. The molecule has 3 unspecified atom stereocenters. The molecule has 1 aromatic heterocycles. The molecule has 1 aromatic rings. The van der Waals surface area contributed by atoms with Gasteiger partial charge in [0.2, 0.25) is 5.89 Å². The first-order valence-electron chi connectivity index (χ1n) is 6.59. The second-order valence-corrected chi connectivity index (χ2v) is 5.98. The Balaban J connectivity index is 1.76. The summed E-state index contributed by atoms with van der Waals surface area (Å²) in [6.45, 7) is 3.81. The number of rotatable bonds is 2. The second-order valence-electron chi connectivity index (χ2n) is 5.32. The first-order valence-corrected chi connectivity index (χ1v) is 7.03. The van der Waals surface area contributed by atoms with Gasteiger partial charge in [-0.2, -0.15) is 0 Å². The SMILES string of the molecule is CC(Cl)c1nnc(N2CCC3CCC(C2)N3C)o1. The zero-order valence-corrected chi connectivity index (χ0v) is 11.6. The summed E-state index contributed by atoms with van der Waals surface area (Å²) in [4.78, 5) is 4.71. The molecule has 3 heterocycles. The van der Waals surface area contributed by atoms with Crippen molar-refractivity contribution in [2.24, 2.45) is 0 Å². The van der Waals surface area contributed by atoms with E-state index in [2.05, 4.69) is 27.0 Å². The number of hydrogen-bond acceptors (Lipinski definition) is 5. The molecule has 0 amide bonds. The average Bonchev–Trinajstić information content (AvgIpc) is 2.86. The fourth-order valence-corrected chi connectivity index (χ4v) is 3.09. The predicted octanol–water partition coefficient (Wildman–Crippen LogP) is 2.04. The van der Waals surface area contributed by atoms with Crippen LogP contribution in [0.25, 0.3) is 0 Å². The quantitative estimate of drug-likeness (QED) is 0.770. The molecule has 2 aliphatic heterocycles. The van der Waals surface area contributed by atoms with Crippen LogP contribution in [0.15, 0.2) is 4.42 Å². The van der Waals surface area contributed by atoms with Crippen LogP contribution in [0.4, 0.5) is 6.01 Å². The van der Waals surface area contributed by atoms with Crippen LogP contribution in [0.3, 0.4) is 0 Å². The molecular formula is C12H19ClN4O. The number of fused-ring (bicyclic) bond motifs is 2. The topological polar surface area (TPSA) is 45.4 Å². The van der Waals surface area contributed by atoms with Crippen molar-refractivity contribution in [1.29, 1.82) is 0 Å². The minimum atomic E-state index is -0.225. The molecule has 0 aliphatic carbocycles. The van der Waals surface area contributed by atoms with E-state index in [0.717, 1.165) is 13.1 Å². The maximum Gasteiger partial charge on any atom is 0.318 e. The van der Waals surface area contributed by atoms with Crippen LogP contribution in [0.1, 0.15) is 37.5 Å². The largest absolute Gasteiger partial charge is 0.406 e. The minimum Gasteiger partial charge on any atom is -0.406 e. The van der Waals surface area contributed by atoms with Crippen LogP contribution in [-0.2, 0) is 0 Å². The Hall–Kier alpha value is -0.810. The van der Waals surface area contributed by atoms with E-state index in [4.69, 9.17) is 16.0 Å². The van der Waals surface area contributed by atoms with Crippen LogP contribution < -0.4 is 4.90 Å². The maximum absolute atomic E-state index is 5.95. The average molecular weight is 271 g/mol. The highest BCUT2D eigenvalue weighted by molar-refractivity contribution is 6.20. The monoisotopic (exact) mass is 270 g/mol. The van der Waals surface area contributed by atoms with E-state index in [1.54, 1.807) is 0 Å². The van der Waals surface area contributed by atoms with Gasteiger partial charge in [-0.25, -0.2) is 0 Å². The van der Waals surface area contributed by atoms with Crippen molar-refractivity contribution in [2.45, 2.75) is 43.6 Å². The van der Waals surface area contributed by atoms with Crippen molar-refractivity contribution in [3.63, 3.8) is 0 Å². The Morgan fingerprint density at radius 3 is 2.78 bits per heavy atom. The maximum atomic E-state index is 5.95. The van der Waals surface area contributed by atoms with E-state index in [-0.39, 0.29) is 5.38 Å². The highest BCUT2D eigenvalue weighted by atomic mass is 35.5. The summed E-state index contributed by atoms with van der Waals surface area (Å²) < 4.78 is 5.64. The molecule has 0 spiro atoms. The van der Waals surface area contributed by atoms with Gasteiger partial charge in [0.1, 0.15) is 5.38 Å². The summed E-state index contributed by atoms with van der Waals surface area (Å²) >= 11 is 5.95. The van der Waals surface area contributed by atoms with Crippen LogP contribution in [0.2, 0.25) is 0 Å². The third-order valence-electron chi connectivity index (χ3n) is 4.19. The van der Waals surface area contributed by atoms with E-state index < -0.39 is 0 Å². The van der Waals surface area contributed by atoms with Gasteiger partial charge in [-0.05, 0) is 33.2 Å². The van der Waals surface area contributed by atoms with Crippen molar-refractivity contribution >= 4 is 17.6 Å². The molecule has 5 nitrogen and oxygen atoms in total. The summed E-state index contributed by atoms with van der Waals surface area (Å²) in [6.07, 6.45) is 3.76. The number of nitrogens with zero attached hydrogens (tertiary/aromatic N) is 4. The summed E-state index contributed by atoms with van der Waals surface area (Å²) in [7, 11) is 2.23.